The van der Waals surface area contributed by atoms with Crippen LogP contribution in [0.25, 0.3) is 0 Å². The number of halogens is 1. The van der Waals surface area contributed by atoms with E-state index in [2.05, 4.69) is 17.3 Å². The van der Waals surface area contributed by atoms with Gasteiger partial charge in [-0.05, 0) is 45.5 Å². The Hall–Kier alpha value is -1.13. The Bertz CT molecular complexity index is 411. The molecule has 0 saturated carbocycles. The van der Waals surface area contributed by atoms with E-state index in [1.807, 2.05) is 6.92 Å². The van der Waals surface area contributed by atoms with Crippen molar-refractivity contribution in [3.63, 3.8) is 0 Å². The van der Waals surface area contributed by atoms with Gasteiger partial charge in [0.25, 0.3) is 0 Å². The standard InChI is InChI=1S/C14H21FN2O/c1-10(13-4-3-12(18)7-14(13)15)16-8-11-5-6-17(2)9-11/h3-4,7,10-11,16,18H,5-6,8-9H2,1-2H3. The zero-order valence-corrected chi connectivity index (χ0v) is 11.0. The van der Waals surface area contributed by atoms with Crippen molar-refractivity contribution in [3.05, 3.63) is 29.6 Å². The van der Waals surface area contributed by atoms with Crippen LogP contribution in [0.4, 0.5) is 4.39 Å². The van der Waals surface area contributed by atoms with E-state index in [1.165, 1.54) is 12.5 Å². The normalized spacial score (nSPS) is 22.3. The fraction of sp³-hybridized carbons (Fsp3) is 0.571. The summed E-state index contributed by atoms with van der Waals surface area (Å²) in [7, 11) is 2.13. The molecule has 3 nitrogen and oxygen atoms in total. The monoisotopic (exact) mass is 252 g/mol. The highest BCUT2D eigenvalue weighted by Gasteiger charge is 2.20. The average Bonchev–Trinajstić information content (AvgIpc) is 2.72. The fourth-order valence-electron chi connectivity index (χ4n) is 2.51. The molecular formula is C14H21FN2O. The molecule has 1 aromatic carbocycles. The molecule has 2 rings (SSSR count). The van der Waals surface area contributed by atoms with Crippen LogP contribution in [0.2, 0.25) is 0 Å². The first-order valence-electron chi connectivity index (χ1n) is 6.46. The number of hydrogen-bond donors (Lipinski definition) is 2. The lowest BCUT2D eigenvalue weighted by Gasteiger charge is -2.18. The van der Waals surface area contributed by atoms with Gasteiger partial charge in [0.05, 0.1) is 0 Å². The summed E-state index contributed by atoms with van der Waals surface area (Å²) in [5, 5.41) is 12.6. The Kier molecular flexibility index (Phi) is 4.19. The molecule has 1 fully saturated rings. The maximum Gasteiger partial charge on any atom is 0.131 e. The molecule has 4 heteroatoms. The Labute approximate surface area is 108 Å². The molecule has 1 saturated heterocycles. The quantitative estimate of drug-likeness (QED) is 0.861. The number of aromatic hydroxyl groups is 1. The van der Waals surface area contributed by atoms with E-state index in [0.717, 1.165) is 25.7 Å². The van der Waals surface area contributed by atoms with Crippen LogP contribution in [0.5, 0.6) is 5.75 Å². The largest absolute Gasteiger partial charge is 0.508 e. The molecule has 0 bridgehead atoms. The third-order valence-electron chi connectivity index (χ3n) is 3.65. The number of rotatable bonds is 4. The lowest BCUT2D eigenvalue weighted by molar-refractivity contribution is 0.380. The van der Waals surface area contributed by atoms with Gasteiger partial charge in [0, 0.05) is 24.2 Å². The highest BCUT2D eigenvalue weighted by molar-refractivity contribution is 5.29. The number of benzene rings is 1. The predicted octanol–water partition coefficient (Wildman–Crippen LogP) is 2.13. The highest BCUT2D eigenvalue weighted by atomic mass is 19.1. The Morgan fingerprint density at radius 3 is 2.94 bits per heavy atom. The second-order valence-corrected chi connectivity index (χ2v) is 5.25. The Morgan fingerprint density at radius 1 is 1.56 bits per heavy atom. The van der Waals surface area contributed by atoms with Gasteiger partial charge in [-0.2, -0.15) is 0 Å². The SMILES string of the molecule is CC(NCC1CCN(C)C1)c1ccc(O)cc1F. The van der Waals surface area contributed by atoms with Crippen molar-refractivity contribution in [3.8, 4) is 5.75 Å². The molecule has 2 unspecified atom stereocenters. The molecule has 1 heterocycles. The number of nitrogens with zero attached hydrogens (tertiary/aromatic N) is 1. The van der Waals surface area contributed by atoms with Crippen LogP contribution in [-0.4, -0.2) is 36.7 Å². The van der Waals surface area contributed by atoms with Crippen molar-refractivity contribution in [1.29, 1.82) is 0 Å². The third-order valence-corrected chi connectivity index (χ3v) is 3.65. The lowest BCUT2D eigenvalue weighted by Crippen LogP contribution is -2.27. The van der Waals surface area contributed by atoms with Crippen LogP contribution in [-0.2, 0) is 0 Å². The van der Waals surface area contributed by atoms with Crippen LogP contribution in [0.1, 0.15) is 24.9 Å². The summed E-state index contributed by atoms with van der Waals surface area (Å²) in [5.41, 5.74) is 0.610. The van der Waals surface area contributed by atoms with Crippen molar-refractivity contribution >= 4 is 0 Å². The fourth-order valence-corrected chi connectivity index (χ4v) is 2.51. The molecule has 2 N–H and O–H groups in total. The number of phenolic OH excluding ortho intramolecular Hbond substituents is 1. The van der Waals surface area contributed by atoms with E-state index in [4.69, 9.17) is 0 Å². The van der Waals surface area contributed by atoms with Gasteiger partial charge in [0.15, 0.2) is 0 Å². The van der Waals surface area contributed by atoms with E-state index in [-0.39, 0.29) is 17.6 Å². The first-order valence-corrected chi connectivity index (χ1v) is 6.46. The van der Waals surface area contributed by atoms with Crippen molar-refractivity contribution < 1.29 is 9.50 Å². The van der Waals surface area contributed by atoms with Gasteiger partial charge in [-0.15, -0.1) is 0 Å². The minimum Gasteiger partial charge on any atom is -0.508 e. The van der Waals surface area contributed by atoms with Crippen LogP contribution in [0.3, 0.4) is 0 Å². The molecule has 100 valence electrons. The minimum atomic E-state index is -0.349. The van der Waals surface area contributed by atoms with Crippen LogP contribution in [0.15, 0.2) is 18.2 Å². The van der Waals surface area contributed by atoms with Crippen LogP contribution in [0, 0.1) is 11.7 Å². The smallest absolute Gasteiger partial charge is 0.131 e. The van der Waals surface area contributed by atoms with Crippen LogP contribution < -0.4 is 5.32 Å². The molecule has 0 amide bonds. The molecule has 0 aromatic heterocycles. The van der Waals surface area contributed by atoms with Gasteiger partial charge in [0.1, 0.15) is 11.6 Å². The molecule has 18 heavy (non-hydrogen) atoms. The predicted molar refractivity (Wildman–Crippen MR) is 70.1 cm³/mol. The van der Waals surface area contributed by atoms with Gasteiger partial charge in [-0.3, -0.25) is 0 Å². The average molecular weight is 252 g/mol. The zero-order chi connectivity index (χ0) is 13.1. The van der Waals surface area contributed by atoms with E-state index >= 15 is 0 Å². The Balaban J connectivity index is 1.89. The van der Waals surface area contributed by atoms with Crippen LogP contribution >= 0.6 is 0 Å². The summed E-state index contributed by atoms with van der Waals surface area (Å²) in [6.07, 6.45) is 1.20. The maximum atomic E-state index is 13.7. The molecule has 0 radical (unpaired) electrons. The lowest BCUT2D eigenvalue weighted by atomic mass is 10.1. The maximum absolute atomic E-state index is 13.7. The first kappa shape index (κ1) is 13.3. The first-order chi connectivity index (χ1) is 8.56. The second kappa shape index (κ2) is 5.67. The molecule has 1 aliphatic rings. The van der Waals surface area contributed by atoms with E-state index in [1.54, 1.807) is 6.07 Å². The summed E-state index contributed by atoms with van der Waals surface area (Å²) in [6, 6.07) is 4.30. The number of likely N-dealkylation sites (tertiary alicyclic amines) is 1. The zero-order valence-electron chi connectivity index (χ0n) is 11.0. The minimum absolute atomic E-state index is 0.0270. The van der Waals surface area contributed by atoms with Crippen molar-refractivity contribution in [2.45, 2.75) is 19.4 Å². The number of nitrogens with one attached hydrogen (secondary N) is 1. The molecule has 0 spiro atoms. The molecule has 2 atom stereocenters. The molecule has 1 aromatic rings. The summed E-state index contributed by atoms with van der Waals surface area (Å²) in [4.78, 5) is 2.32. The number of hydrogen-bond acceptors (Lipinski definition) is 3. The summed E-state index contributed by atoms with van der Waals surface area (Å²) in [5.74, 6) is 0.275. The van der Waals surface area contributed by atoms with Crippen molar-refractivity contribution in [2.24, 2.45) is 5.92 Å². The van der Waals surface area contributed by atoms with E-state index in [0.29, 0.717) is 11.5 Å². The van der Waals surface area contributed by atoms with Gasteiger partial charge >= 0.3 is 0 Å². The molecule has 0 aliphatic carbocycles. The topological polar surface area (TPSA) is 35.5 Å². The third kappa shape index (κ3) is 3.21. The van der Waals surface area contributed by atoms with E-state index < -0.39 is 0 Å². The van der Waals surface area contributed by atoms with Gasteiger partial charge < -0.3 is 15.3 Å². The Morgan fingerprint density at radius 2 is 2.33 bits per heavy atom. The highest BCUT2D eigenvalue weighted by Crippen LogP contribution is 2.22. The molecule has 1 aliphatic heterocycles. The molecular weight excluding hydrogens is 231 g/mol. The van der Waals surface area contributed by atoms with E-state index in [9.17, 15) is 9.50 Å². The summed E-state index contributed by atoms with van der Waals surface area (Å²) < 4.78 is 13.7. The van der Waals surface area contributed by atoms with Crippen molar-refractivity contribution in [1.82, 2.24) is 10.2 Å². The number of phenols is 1. The summed E-state index contributed by atoms with van der Waals surface area (Å²) >= 11 is 0. The van der Waals surface area contributed by atoms with Gasteiger partial charge in [0.2, 0.25) is 0 Å². The van der Waals surface area contributed by atoms with Gasteiger partial charge in [-0.25, -0.2) is 4.39 Å². The second-order valence-electron chi connectivity index (χ2n) is 5.25. The van der Waals surface area contributed by atoms with Crippen molar-refractivity contribution in [2.75, 3.05) is 26.7 Å². The van der Waals surface area contributed by atoms with Gasteiger partial charge in [-0.1, -0.05) is 6.07 Å². The summed E-state index contributed by atoms with van der Waals surface area (Å²) in [6.45, 7) is 5.12.